The largest absolute Gasteiger partial charge is 0.308 e. The summed E-state index contributed by atoms with van der Waals surface area (Å²) in [4.78, 5) is 15.1. The highest BCUT2D eigenvalue weighted by atomic mass is 32.2. The highest BCUT2D eigenvalue weighted by Crippen LogP contribution is 2.31. The minimum Gasteiger partial charge on any atom is -0.308 e. The highest BCUT2D eigenvalue weighted by molar-refractivity contribution is 7.92. The van der Waals surface area contributed by atoms with Gasteiger partial charge >= 0.3 is 0 Å². The molecule has 1 heterocycles. The fraction of sp³-hybridized carbons (Fsp3) is 0.174. The minimum absolute atomic E-state index is 0.0711. The van der Waals surface area contributed by atoms with Crippen molar-refractivity contribution in [3.05, 3.63) is 89.5 Å². The van der Waals surface area contributed by atoms with Crippen LogP contribution in [0.4, 0.5) is 11.4 Å². The summed E-state index contributed by atoms with van der Waals surface area (Å²) >= 11 is 0. The fourth-order valence-corrected chi connectivity index (χ4v) is 5.01. The van der Waals surface area contributed by atoms with Crippen molar-refractivity contribution in [2.45, 2.75) is 18.2 Å². The molecule has 0 radical (unpaired) electrons. The lowest BCUT2D eigenvalue weighted by Gasteiger charge is -2.23. The number of rotatable bonds is 4. The van der Waals surface area contributed by atoms with E-state index in [9.17, 15) is 13.2 Å². The zero-order valence-corrected chi connectivity index (χ0v) is 17.2. The summed E-state index contributed by atoms with van der Waals surface area (Å²) < 4.78 is 27.1. The average molecular weight is 407 g/mol. The van der Waals surface area contributed by atoms with Gasteiger partial charge in [0.1, 0.15) is 0 Å². The number of anilines is 2. The van der Waals surface area contributed by atoms with Crippen LogP contribution in [0.15, 0.2) is 77.7 Å². The van der Waals surface area contributed by atoms with Gasteiger partial charge in [0, 0.05) is 24.8 Å². The Labute approximate surface area is 171 Å². The lowest BCUT2D eigenvalue weighted by atomic mass is 10.1. The SMILES string of the molecule is Cc1cc(C(=O)N2CCc3ccccc32)ccc1N(C)S(=O)(=O)c1ccccc1. The minimum atomic E-state index is -3.67. The second-order valence-corrected chi connectivity index (χ2v) is 9.09. The van der Waals surface area contributed by atoms with E-state index < -0.39 is 10.0 Å². The van der Waals surface area contributed by atoms with E-state index in [4.69, 9.17) is 0 Å². The van der Waals surface area contributed by atoms with Gasteiger partial charge in [-0.15, -0.1) is 0 Å². The van der Waals surface area contributed by atoms with Gasteiger partial charge in [-0.05, 0) is 60.9 Å². The van der Waals surface area contributed by atoms with Crippen molar-refractivity contribution in [1.82, 2.24) is 0 Å². The molecule has 0 atom stereocenters. The van der Waals surface area contributed by atoms with Crippen molar-refractivity contribution in [3.63, 3.8) is 0 Å². The zero-order chi connectivity index (χ0) is 20.6. The zero-order valence-electron chi connectivity index (χ0n) is 16.4. The van der Waals surface area contributed by atoms with E-state index in [1.165, 1.54) is 16.9 Å². The van der Waals surface area contributed by atoms with E-state index in [1.54, 1.807) is 53.4 Å². The van der Waals surface area contributed by atoms with Crippen molar-refractivity contribution in [2.24, 2.45) is 0 Å². The first-order valence-electron chi connectivity index (χ1n) is 9.44. The van der Waals surface area contributed by atoms with Gasteiger partial charge in [0.15, 0.2) is 0 Å². The third kappa shape index (κ3) is 3.40. The number of sulfonamides is 1. The first-order valence-corrected chi connectivity index (χ1v) is 10.9. The molecule has 3 aromatic rings. The van der Waals surface area contributed by atoms with Crippen molar-refractivity contribution in [1.29, 1.82) is 0 Å². The molecular weight excluding hydrogens is 384 g/mol. The van der Waals surface area contributed by atoms with Crippen LogP contribution in [0.5, 0.6) is 0 Å². The van der Waals surface area contributed by atoms with Gasteiger partial charge in [-0.3, -0.25) is 9.10 Å². The van der Waals surface area contributed by atoms with E-state index in [0.717, 1.165) is 17.7 Å². The number of benzene rings is 3. The Bertz CT molecular complexity index is 1170. The van der Waals surface area contributed by atoms with Crippen LogP contribution in [0.25, 0.3) is 0 Å². The van der Waals surface area contributed by atoms with Crippen LogP contribution in [0.2, 0.25) is 0 Å². The molecule has 148 valence electrons. The van der Waals surface area contributed by atoms with E-state index in [-0.39, 0.29) is 10.8 Å². The van der Waals surface area contributed by atoms with Crippen LogP contribution in [0.3, 0.4) is 0 Å². The summed E-state index contributed by atoms with van der Waals surface area (Å²) in [6, 6.07) is 21.4. The first-order chi connectivity index (χ1) is 13.9. The van der Waals surface area contributed by atoms with Crippen molar-refractivity contribution in [3.8, 4) is 0 Å². The molecule has 0 spiro atoms. The Morgan fingerprint density at radius 2 is 1.66 bits per heavy atom. The number of nitrogens with zero attached hydrogens (tertiary/aromatic N) is 2. The number of carbonyl (C=O) groups excluding carboxylic acids is 1. The third-order valence-corrected chi connectivity index (χ3v) is 7.10. The van der Waals surface area contributed by atoms with E-state index in [2.05, 4.69) is 0 Å². The Hall–Kier alpha value is -3.12. The number of carbonyl (C=O) groups is 1. The van der Waals surface area contributed by atoms with Gasteiger partial charge in [-0.1, -0.05) is 36.4 Å². The van der Waals surface area contributed by atoms with Crippen molar-refractivity contribution < 1.29 is 13.2 Å². The standard InChI is InChI=1S/C23H22N2O3S/c1-17-16-19(23(26)25-15-14-18-8-6-7-11-22(18)25)12-13-21(17)24(2)29(27,28)20-9-4-3-5-10-20/h3-13,16H,14-15H2,1-2H3. The summed E-state index contributed by atoms with van der Waals surface area (Å²) in [5, 5.41) is 0. The van der Waals surface area contributed by atoms with Crippen LogP contribution >= 0.6 is 0 Å². The molecule has 0 N–H and O–H groups in total. The molecule has 0 aliphatic carbocycles. The van der Waals surface area contributed by atoms with Gasteiger partial charge in [-0.25, -0.2) is 8.42 Å². The maximum atomic E-state index is 13.1. The predicted molar refractivity (Wildman–Crippen MR) is 115 cm³/mol. The summed E-state index contributed by atoms with van der Waals surface area (Å²) in [5.41, 5.74) is 3.94. The van der Waals surface area contributed by atoms with Crippen LogP contribution in [-0.4, -0.2) is 27.9 Å². The molecule has 5 nitrogen and oxygen atoms in total. The average Bonchev–Trinajstić information content (AvgIpc) is 3.17. The molecule has 1 amide bonds. The molecule has 0 unspecified atom stereocenters. The van der Waals surface area contributed by atoms with Crippen molar-refractivity contribution in [2.75, 3.05) is 22.8 Å². The normalized spacial score (nSPS) is 13.2. The molecule has 29 heavy (non-hydrogen) atoms. The molecule has 0 bridgehead atoms. The number of para-hydroxylation sites is 1. The second kappa shape index (κ2) is 7.37. The van der Waals surface area contributed by atoms with Gasteiger partial charge in [0.2, 0.25) is 0 Å². The lowest BCUT2D eigenvalue weighted by molar-refractivity contribution is 0.0989. The molecule has 6 heteroatoms. The monoisotopic (exact) mass is 406 g/mol. The predicted octanol–water partition coefficient (Wildman–Crippen LogP) is 4.02. The Balaban J connectivity index is 1.63. The van der Waals surface area contributed by atoms with Gasteiger partial charge in [-0.2, -0.15) is 0 Å². The molecule has 1 aliphatic rings. The Morgan fingerprint density at radius 1 is 0.966 bits per heavy atom. The number of aryl methyl sites for hydroxylation is 1. The first kappa shape index (κ1) is 19.2. The molecule has 4 rings (SSSR count). The summed E-state index contributed by atoms with van der Waals surface area (Å²) in [6.45, 7) is 2.47. The second-order valence-electron chi connectivity index (χ2n) is 7.12. The van der Waals surface area contributed by atoms with Crippen LogP contribution in [0.1, 0.15) is 21.5 Å². The molecular formula is C23H22N2O3S. The highest BCUT2D eigenvalue weighted by Gasteiger charge is 2.27. The number of hydrogen-bond acceptors (Lipinski definition) is 3. The lowest BCUT2D eigenvalue weighted by Crippen LogP contribution is -2.30. The summed E-state index contributed by atoms with van der Waals surface area (Å²) in [5.74, 6) is -0.0711. The Kier molecular flexibility index (Phi) is 4.88. The third-order valence-electron chi connectivity index (χ3n) is 5.32. The van der Waals surface area contributed by atoms with Crippen LogP contribution in [0, 0.1) is 6.92 Å². The summed E-state index contributed by atoms with van der Waals surface area (Å²) in [7, 11) is -2.13. The fourth-order valence-electron chi connectivity index (χ4n) is 3.73. The molecule has 1 aliphatic heterocycles. The quantitative estimate of drug-likeness (QED) is 0.657. The maximum Gasteiger partial charge on any atom is 0.264 e. The smallest absolute Gasteiger partial charge is 0.264 e. The van der Waals surface area contributed by atoms with E-state index >= 15 is 0 Å². The topological polar surface area (TPSA) is 57.7 Å². The van der Waals surface area contributed by atoms with Gasteiger partial charge < -0.3 is 4.90 Å². The molecule has 0 saturated heterocycles. The maximum absolute atomic E-state index is 13.1. The Morgan fingerprint density at radius 3 is 2.38 bits per heavy atom. The molecule has 0 aromatic heterocycles. The summed E-state index contributed by atoms with van der Waals surface area (Å²) in [6.07, 6.45) is 0.844. The number of fused-ring (bicyclic) bond motifs is 1. The molecule has 0 saturated carbocycles. The molecule has 0 fully saturated rings. The van der Waals surface area contributed by atoms with Gasteiger partial charge in [0.05, 0.1) is 10.6 Å². The number of amides is 1. The van der Waals surface area contributed by atoms with Crippen LogP contribution in [-0.2, 0) is 16.4 Å². The van der Waals surface area contributed by atoms with Gasteiger partial charge in [0.25, 0.3) is 15.9 Å². The van der Waals surface area contributed by atoms with Crippen LogP contribution < -0.4 is 9.21 Å². The molecule has 3 aromatic carbocycles. The van der Waals surface area contributed by atoms with Crippen molar-refractivity contribution >= 4 is 27.3 Å². The van der Waals surface area contributed by atoms with E-state index in [0.29, 0.717) is 17.8 Å². The van der Waals surface area contributed by atoms with E-state index in [1.807, 2.05) is 31.2 Å². The number of hydrogen-bond donors (Lipinski definition) is 0.